The lowest BCUT2D eigenvalue weighted by Gasteiger charge is -2.16. The first-order valence-corrected chi connectivity index (χ1v) is 7.86. The van der Waals surface area contributed by atoms with Crippen molar-refractivity contribution in [3.8, 4) is 5.75 Å². The molecular weight excluding hydrogens is 344 g/mol. The summed E-state index contributed by atoms with van der Waals surface area (Å²) < 4.78 is 4.94. The van der Waals surface area contributed by atoms with Crippen LogP contribution in [0.25, 0.3) is 0 Å². The number of hydrogen-bond donors (Lipinski definition) is 2. The Hall–Kier alpha value is -2.86. The molecule has 0 saturated heterocycles. The number of carbonyl (C=O) groups is 3. The van der Waals surface area contributed by atoms with Gasteiger partial charge in [0.1, 0.15) is 11.8 Å². The second-order valence-corrected chi connectivity index (χ2v) is 5.75. The lowest BCUT2D eigenvalue weighted by atomic mass is 10.0. The Morgan fingerprint density at radius 2 is 1.88 bits per heavy atom. The van der Waals surface area contributed by atoms with Crippen molar-refractivity contribution < 1.29 is 19.1 Å². The van der Waals surface area contributed by atoms with E-state index in [2.05, 4.69) is 5.32 Å². The summed E-state index contributed by atoms with van der Waals surface area (Å²) in [5.41, 5.74) is 6.33. The van der Waals surface area contributed by atoms with E-state index >= 15 is 0 Å². The molecule has 25 heavy (non-hydrogen) atoms. The van der Waals surface area contributed by atoms with Crippen LogP contribution in [0.2, 0.25) is 5.02 Å². The van der Waals surface area contributed by atoms with Crippen LogP contribution in [0.1, 0.15) is 22.8 Å². The molecule has 3 N–H and O–H groups in total. The summed E-state index contributed by atoms with van der Waals surface area (Å²) >= 11 is 6.08. The molecular formula is C18H17ClN2O4. The maximum absolute atomic E-state index is 12.4. The second kappa shape index (κ2) is 8.30. The third-order valence-electron chi connectivity index (χ3n) is 3.39. The molecule has 7 heteroatoms. The number of hydrogen-bond acceptors (Lipinski definition) is 4. The average Bonchev–Trinajstić information content (AvgIpc) is 2.55. The maximum Gasteiger partial charge on any atom is 0.308 e. The molecule has 0 aliphatic heterocycles. The lowest BCUT2D eigenvalue weighted by molar-refractivity contribution is -0.131. The van der Waals surface area contributed by atoms with Crippen LogP contribution >= 0.6 is 11.6 Å². The van der Waals surface area contributed by atoms with Gasteiger partial charge in [0.2, 0.25) is 5.91 Å². The molecule has 0 spiro atoms. The van der Waals surface area contributed by atoms with Crippen LogP contribution in [0.4, 0.5) is 0 Å². The monoisotopic (exact) mass is 360 g/mol. The van der Waals surface area contributed by atoms with E-state index in [9.17, 15) is 14.4 Å². The van der Waals surface area contributed by atoms with Gasteiger partial charge in [-0.05, 0) is 29.8 Å². The van der Waals surface area contributed by atoms with Gasteiger partial charge in [-0.2, -0.15) is 0 Å². The molecule has 1 atom stereocenters. The van der Waals surface area contributed by atoms with E-state index in [1.54, 1.807) is 36.4 Å². The fraction of sp³-hybridized carbons (Fsp3) is 0.167. The number of halogens is 1. The maximum atomic E-state index is 12.4. The van der Waals surface area contributed by atoms with Gasteiger partial charge in [0.25, 0.3) is 5.91 Å². The minimum atomic E-state index is -0.926. The molecule has 0 heterocycles. The Morgan fingerprint density at radius 3 is 2.52 bits per heavy atom. The molecule has 6 nitrogen and oxygen atoms in total. The number of esters is 1. The van der Waals surface area contributed by atoms with Gasteiger partial charge in [0.05, 0.1) is 0 Å². The van der Waals surface area contributed by atoms with Gasteiger partial charge in [-0.1, -0.05) is 35.9 Å². The van der Waals surface area contributed by atoms with Crippen LogP contribution in [0, 0.1) is 0 Å². The number of ether oxygens (including phenoxy) is 1. The van der Waals surface area contributed by atoms with Gasteiger partial charge < -0.3 is 15.8 Å². The van der Waals surface area contributed by atoms with E-state index in [0.717, 1.165) is 0 Å². The SMILES string of the molecule is CC(=O)Oc1cccc(C(=O)N[C@H](Cc2ccccc2Cl)C(N)=O)c1. The summed E-state index contributed by atoms with van der Waals surface area (Å²) in [5.74, 6) is -1.44. The van der Waals surface area contributed by atoms with Crippen LogP contribution in [-0.4, -0.2) is 23.8 Å². The van der Waals surface area contributed by atoms with E-state index in [0.29, 0.717) is 10.6 Å². The van der Waals surface area contributed by atoms with E-state index in [1.165, 1.54) is 19.1 Å². The zero-order valence-corrected chi connectivity index (χ0v) is 14.2. The molecule has 130 valence electrons. The van der Waals surface area contributed by atoms with Gasteiger partial charge in [-0.15, -0.1) is 0 Å². The Bertz CT molecular complexity index is 807. The van der Waals surface area contributed by atoms with E-state index in [4.69, 9.17) is 22.1 Å². The summed E-state index contributed by atoms with van der Waals surface area (Å²) in [4.78, 5) is 35.1. The molecule has 0 bridgehead atoms. The highest BCUT2D eigenvalue weighted by atomic mass is 35.5. The summed E-state index contributed by atoms with van der Waals surface area (Å²) in [7, 11) is 0. The van der Waals surface area contributed by atoms with Gasteiger partial charge in [0, 0.05) is 23.9 Å². The van der Waals surface area contributed by atoms with E-state index in [1.807, 2.05) is 0 Å². The number of amides is 2. The molecule has 0 fully saturated rings. The van der Waals surface area contributed by atoms with Crippen LogP contribution < -0.4 is 15.8 Å². The zero-order chi connectivity index (χ0) is 18.4. The molecule has 0 unspecified atom stereocenters. The molecule has 0 aliphatic rings. The summed E-state index contributed by atoms with van der Waals surface area (Å²) in [6.45, 7) is 1.26. The number of primary amides is 1. The first kappa shape index (κ1) is 18.5. The summed E-state index contributed by atoms with van der Waals surface area (Å²) in [6.07, 6.45) is 0.171. The molecule has 2 rings (SSSR count). The Labute approximate surface area is 149 Å². The fourth-order valence-electron chi connectivity index (χ4n) is 2.21. The normalized spacial score (nSPS) is 11.4. The standard InChI is InChI=1S/C18H17ClN2O4/c1-11(22)25-14-7-4-6-13(9-14)18(24)21-16(17(20)23)10-12-5-2-3-8-15(12)19/h2-9,16H,10H2,1H3,(H2,20,23)(H,21,24)/t16-/m1/s1. The number of carbonyl (C=O) groups excluding carboxylic acids is 3. The van der Waals surface area contributed by atoms with Crippen molar-refractivity contribution in [3.05, 3.63) is 64.7 Å². The zero-order valence-electron chi connectivity index (χ0n) is 13.5. The smallest absolute Gasteiger partial charge is 0.308 e. The fourth-order valence-corrected chi connectivity index (χ4v) is 2.43. The molecule has 0 radical (unpaired) electrons. The number of nitrogens with two attached hydrogens (primary N) is 1. The third-order valence-corrected chi connectivity index (χ3v) is 3.76. The highest BCUT2D eigenvalue weighted by Gasteiger charge is 2.20. The molecule has 0 aliphatic carbocycles. The summed E-state index contributed by atoms with van der Waals surface area (Å²) in [5, 5.41) is 3.06. The quantitative estimate of drug-likeness (QED) is 0.608. The first-order valence-electron chi connectivity index (χ1n) is 7.49. The van der Waals surface area contributed by atoms with Crippen molar-refractivity contribution in [1.82, 2.24) is 5.32 Å². The van der Waals surface area contributed by atoms with E-state index in [-0.39, 0.29) is 17.7 Å². The number of nitrogens with one attached hydrogen (secondary N) is 1. The molecule has 0 aromatic heterocycles. The predicted molar refractivity (Wildman–Crippen MR) is 93.4 cm³/mol. The van der Waals surface area contributed by atoms with Gasteiger partial charge in [-0.3, -0.25) is 14.4 Å². The lowest BCUT2D eigenvalue weighted by Crippen LogP contribution is -2.45. The van der Waals surface area contributed by atoms with Crippen molar-refractivity contribution in [3.63, 3.8) is 0 Å². The van der Waals surface area contributed by atoms with Crippen molar-refractivity contribution in [1.29, 1.82) is 0 Å². The number of rotatable bonds is 6. The topological polar surface area (TPSA) is 98.5 Å². The molecule has 2 aromatic carbocycles. The highest BCUT2D eigenvalue weighted by Crippen LogP contribution is 2.17. The van der Waals surface area contributed by atoms with Gasteiger partial charge >= 0.3 is 5.97 Å². The average molecular weight is 361 g/mol. The van der Waals surface area contributed by atoms with E-state index < -0.39 is 23.8 Å². The summed E-state index contributed by atoms with van der Waals surface area (Å²) in [6, 6.07) is 12.1. The van der Waals surface area contributed by atoms with Gasteiger partial charge in [-0.25, -0.2) is 0 Å². The highest BCUT2D eigenvalue weighted by molar-refractivity contribution is 6.31. The van der Waals surface area contributed by atoms with Crippen molar-refractivity contribution in [2.24, 2.45) is 5.73 Å². The van der Waals surface area contributed by atoms with Crippen molar-refractivity contribution in [2.45, 2.75) is 19.4 Å². The largest absolute Gasteiger partial charge is 0.427 e. The van der Waals surface area contributed by atoms with Crippen LogP contribution in [0.3, 0.4) is 0 Å². The van der Waals surface area contributed by atoms with Gasteiger partial charge in [0.15, 0.2) is 0 Å². The number of benzene rings is 2. The first-order chi connectivity index (χ1) is 11.9. The van der Waals surface area contributed by atoms with Crippen LogP contribution in [-0.2, 0) is 16.0 Å². The predicted octanol–water partition coefficient (Wildman–Crippen LogP) is 2.09. The Balaban J connectivity index is 2.14. The molecule has 0 saturated carbocycles. The third kappa shape index (κ3) is 5.32. The molecule has 2 aromatic rings. The minimum Gasteiger partial charge on any atom is -0.427 e. The Kier molecular flexibility index (Phi) is 6.14. The molecule has 2 amide bonds. The van der Waals surface area contributed by atoms with Crippen molar-refractivity contribution >= 4 is 29.4 Å². The minimum absolute atomic E-state index is 0.171. The van der Waals surface area contributed by atoms with Crippen LogP contribution in [0.5, 0.6) is 5.75 Å². The Morgan fingerprint density at radius 1 is 1.16 bits per heavy atom. The second-order valence-electron chi connectivity index (χ2n) is 5.35. The van der Waals surface area contributed by atoms with Crippen molar-refractivity contribution in [2.75, 3.05) is 0 Å². The van der Waals surface area contributed by atoms with Crippen LogP contribution in [0.15, 0.2) is 48.5 Å².